The maximum Gasteiger partial charge on any atom is 0.236 e. The molecule has 0 radical (unpaired) electrons. The predicted octanol–water partition coefficient (Wildman–Crippen LogP) is 1.78. The molecule has 6 heteroatoms. The van der Waals surface area contributed by atoms with Crippen molar-refractivity contribution in [3.05, 3.63) is 48.0 Å². The Hall–Kier alpha value is -2.18. The van der Waals surface area contributed by atoms with E-state index in [0.29, 0.717) is 5.56 Å². The molecular formula is C13H9O5S-. The van der Waals surface area contributed by atoms with E-state index < -0.39 is 16.2 Å². The van der Waals surface area contributed by atoms with Gasteiger partial charge in [0.05, 0.1) is 0 Å². The topological polar surface area (TPSA) is 97.7 Å². The average molecular weight is 277 g/mol. The zero-order valence-electron chi connectivity index (χ0n) is 9.57. The molecule has 0 aliphatic rings. The molecule has 0 saturated heterocycles. The lowest BCUT2D eigenvalue weighted by atomic mass is 10.00. The molecule has 0 fully saturated rings. The van der Waals surface area contributed by atoms with Crippen LogP contribution in [0.1, 0.15) is 10.4 Å². The molecule has 98 valence electrons. The Bertz CT molecular complexity index is 649. The fraction of sp³-hybridized carbons (Fsp3) is 0. The van der Waals surface area contributed by atoms with Gasteiger partial charge in [-0.1, -0.05) is 12.1 Å². The van der Waals surface area contributed by atoms with E-state index in [2.05, 4.69) is 0 Å². The summed E-state index contributed by atoms with van der Waals surface area (Å²) in [6.07, 6.45) is 0. The number of benzene rings is 2. The van der Waals surface area contributed by atoms with Crippen molar-refractivity contribution in [1.29, 1.82) is 0 Å². The fourth-order valence-electron chi connectivity index (χ4n) is 1.68. The third-order valence-electron chi connectivity index (χ3n) is 2.55. The number of rotatable bonds is 2. The van der Waals surface area contributed by atoms with Gasteiger partial charge in [-0.25, -0.2) is 0 Å². The Morgan fingerprint density at radius 1 is 1.00 bits per heavy atom. The number of carbonyl (C=O) groups is 1. The summed E-state index contributed by atoms with van der Waals surface area (Å²) in [6, 6.07) is 9.64. The normalized spacial score (nSPS) is 12.1. The van der Waals surface area contributed by atoms with E-state index in [-0.39, 0.29) is 22.6 Å². The van der Waals surface area contributed by atoms with Crippen LogP contribution in [0.15, 0.2) is 42.5 Å². The molecule has 0 aromatic heterocycles. The molecule has 0 saturated carbocycles. The van der Waals surface area contributed by atoms with Crippen molar-refractivity contribution in [2.45, 2.75) is 0 Å². The van der Waals surface area contributed by atoms with Gasteiger partial charge in [0.2, 0.25) is 5.12 Å². The predicted molar refractivity (Wildman–Crippen MR) is 68.5 cm³/mol. The first-order valence-corrected chi connectivity index (χ1v) is 6.32. The third kappa shape index (κ3) is 2.81. The Labute approximate surface area is 111 Å². The first kappa shape index (κ1) is 13.3. The molecule has 0 spiro atoms. The number of hydrogen-bond donors (Lipinski definition) is 2. The molecule has 0 aliphatic carbocycles. The first-order chi connectivity index (χ1) is 8.99. The van der Waals surface area contributed by atoms with E-state index >= 15 is 0 Å². The zero-order chi connectivity index (χ0) is 14.0. The summed E-state index contributed by atoms with van der Waals surface area (Å²) in [6.45, 7) is 0. The number of carbonyl (C=O) groups excluding carboxylic acids is 1. The molecule has 2 aromatic carbocycles. The minimum atomic E-state index is -2.88. The molecule has 2 rings (SSSR count). The lowest BCUT2D eigenvalue weighted by Crippen LogP contribution is -2.08. The van der Waals surface area contributed by atoms with Crippen LogP contribution in [0.2, 0.25) is 0 Å². The highest BCUT2D eigenvalue weighted by Crippen LogP contribution is 2.29. The van der Waals surface area contributed by atoms with Crippen LogP contribution in [0.4, 0.5) is 0 Å². The molecule has 19 heavy (non-hydrogen) atoms. The van der Waals surface area contributed by atoms with Crippen molar-refractivity contribution < 1.29 is 23.8 Å². The van der Waals surface area contributed by atoms with Crippen molar-refractivity contribution in [2.75, 3.05) is 0 Å². The number of phenolic OH excluding ortho intramolecular Hbond substituents is 2. The van der Waals surface area contributed by atoms with Crippen LogP contribution in [-0.2, 0) is 11.1 Å². The summed E-state index contributed by atoms with van der Waals surface area (Å²) in [5, 5.41) is 17.6. The molecule has 2 aromatic rings. The lowest BCUT2D eigenvalue weighted by molar-refractivity contribution is 0.107. The van der Waals surface area contributed by atoms with Crippen LogP contribution >= 0.6 is 0 Å². The SMILES string of the molecule is O=C(c1ccc(O)cc1-c1ccc(O)cc1)S(=O)[O-]. The molecule has 2 N–H and O–H groups in total. The van der Waals surface area contributed by atoms with Crippen LogP contribution < -0.4 is 0 Å². The smallest absolute Gasteiger partial charge is 0.236 e. The second-order valence-corrected chi connectivity index (χ2v) is 4.64. The van der Waals surface area contributed by atoms with Crippen LogP contribution in [0.5, 0.6) is 11.5 Å². The second kappa shape index (κ2) is 5.21. The summed E-state index contributed by atoms with van der Waals surface area (Å²) < 4.78 is 21.5. The number of aromatic hydroxyl groups is 2. The summed E-state index contributed by atoms with van der Waals surface area (Å²) >= 11 is -2.88. The highest BCUT2D eigenvalue weighted by Gasteiger charge is 2.14. The van der Waals surface area contributed by atoms with Crippen LogP contribution in [0, 0.1) is 0 Å². The maximum absolute atomic E-state index is 11.6. The molecule has 1 atom stereocenters. The largest absolute Gasteiger partial charge is 0.766 e. The van der Waals surface area contributed by atoms with E-state index in [1.165, 1.54) is 42.5 Å². The number of hydrogen-bond acceptors (Lipinski definition) is 5. The van der Waals surface area contributed by atoms with Gasteiger partial charge in [0, 0.05) is 16.6 Å². The highest BCUT2D eigenvalue weighted by molar-refractivity contribution is 7.95. The minimum Gasteiger partial charge on any atom is -0.766 e. The highest BCUT2D eigenvalue weighted by atomic mass is 32.2. The van der Waals surface area contributed by atoms with Crippen molar-refractivity contribution in [3.63, 3.8) is 0 Å². The van der Waals surface area contributed by atoms with Crippen LogP contribution in [0.25, 0.3) is 11.1 Å². The first-order valence-electron chi connectivity index (χ1n) is 5.25. The van der Waals surface area contributed by atoms with Crippen molar-refractivity contribution >= 4 is 16.2 Å². The van der Waals surface area contributed by atoms with E-state index in [9.17, 15) is 23.8 Å². The van der Waals surface area contributed by atoms with Crippen LogP contribution in [-0.4, -0.2) is 24.1 Å². The Morgan fingerprint density at radius 2 is 1.58 bits per heavy atom. The van der Waals surface area contributed by atoms with Gasteiger partial charge in [0.15, 0.2) is 0 Å². The van der Waals surface area contributed by atoms with Gasteiger partial charge in [-0.2, -0.15) is 0 Å². The van der Waals surface area contributed by atoms with Gasteiger partial charge in [-0.15, -0.1) is 0 Å². The Balaban J connectivity index is 2.61. The van der Waals surface area contributed by atoms with Gasteiger partial charge < -0.3 is 14.8 Å². The summed E-state index contributed by atoms with van der Waals surface area (Å²) in [5.41, 5.74) is 0.772. The van der Waals surface area contributed by atoms with Gasteiger partial charge >= 0.3 is 0 Å². The maximum atomic E-state index is 11.6. The lowest BCUT2D eigenvalue weighted by Gasteiger charge is -2.11. The third-order valence-corrected chi connectivity index (χ3v) is 3.08. The summed E-state index contributed by atoms with van der Waals surface area (Å²) in [4.78, 5) is 11.6. The molecular weight excluding hydrogens is 268 g/mol. The van der Waals surface area contributed by atoms with E-state index in [1.807, 2.05) is 0 Å². The van der Waals surface area contributed by atoms with Gasteiger partial charge in [-0.3, -0.25) is 9.00 Å². The molecule has 0 heterocycles. The Morgan fingerprint density at radius 3 is 2.16 bits per heavy atom. The Kier molecular flexibility index (Phi) is 3.64. The molecule has 5 nitrogen and oxygen atoms in total. The molecule has 0 bridgehead atoms. The fourth-order valence-corrected chi connectivity index (χ4v) is 2.04. The monoisotopic (exact) mass is 277 g/mol. The standard InChI is InChI=1S/C13H10O5S/c14-9-3-1-8(2-4-9)12-7-10(15)5-6-11(12)13(16)19(17)18/h1-7,14-15H,(H,17,18)/p-1. The number of phenols is 2. The summed E-state index contributed by atoms with van der Waals surface area (Å²) in [7, 11) is 0. The molecule has 1 unspecified atom stereocenters. The molecule has 0 amide bonds. The van der Waals surface area contributed by atoms with Crippen LogP contribution in [0.3, 0.4) is 0 Å². The average Bonchev–Trinajstić information content (AvgIpc) is 2.38. The van der Waals surface area contributed by atoms with E-state index in [0.717, 1.165) is 0 Å². The van der Waals surface area contributed by atoms with Crippen molar-refractivity contribution in [3.8, 4) is 22.6 Å². The second-order valence-electron chi connectivity index (χ2n) is 3.80. The van der Waals surface area contributed by atoms with Gasteiger partial charge in [0.25, 0.3) is 0 Å². The van der Waals surface area contributed by atoms with E-state index in [4.69, 9.17) is 0 Å². The van der Waals surface area contributed by atoms with Gasteiger partial charge in [0.1, 0.15) is 11.5 Å². The molecule has 0 aliphatic heterocycles. The van der Waals surface area contributed by atoms with Gasteiger partial charge in [-0.05, 0) is 41.5 Å². The zero-order valence-corrected chi connectivity index (χ0v) is 10.4. The van der Waals surface area contributed by atoms with E-state index in [1.54, 1.807) is 0 Å². The van der Waals surface area contributed by atoms with Crippen molar-refractivity contribution in [1.82, 2.24) is 0 Å². The van der Waals surface area contributed by atoms with Crippen molar-refractivity contribution in [2.24, 2.45) is 0 Å². The minimum absolute atomic E-state index is 0.0307. The summed E-state index contributed by atoms with van der Waals surface area (Å²) in [5.74, 6) is -0.0412. The quantitative estimate of drug-likeness (QED) is 0.815.